The van der Waals surface area contributed by atoms with Gasteiger partial charge in [-0.3, -0.25) is 4.79 Å². The fourth-order valence-electron chi connectivity index (χ4n) is 1.79. The van der Waals surface area contributed by atoms with Crippen molar-refractivity contribution in [3.8, 4) is 11.5 Å². The molecule has 110 valence electrons. The Balaban J connectivity index is 2.14. The first kappa shape index (κ1) is 14.6. The van der Waals surface area contributed by atoms with Crippen LogP contribution in [0, 0.1) is 0 Å². The molecule has 0 spiro atoms. The van der Waals surface area contributed by atoms with Gasteiger partial charge in [0.05, 0.1) is 19.9 Å². The molecule has 0 radical (unpaired) electrons. The first-order chi connectivity index (χ1) is 10.2. The van der Waals surface area contributed by atoms with Gasteiger partial charge in [0.1, 0.15) is 5.69 Å². The van der Waals surface area contributed by atoms with Gasteiger partial charge >= 0.3 is 0 Å². The van der Waals surface area contributed by atoms with E-state index < -0.39 is 0 Å². The number of ether oxygens (including phenoxy) is 2. The third-order valence-electron chi connectivity index (χ3n) is 2.97. The predicted molar refractivity (Wildman–Crippen MR) is 80.0 cm³/mol. The molecule has 2 aromatic rings. The number of hydrogen-bond donors (Lipinski definition) is 2. The number of nitrogens with zero attached hydrogens (tertiary/aromatic N) is 1. The highest BCUT2D eigenvalue weighted by Crippen LogP contribution is 2.27. The number of nitrogens with one attached hydrogen (secondary N) is 2. The summed E-state index contributed by atoms with van der Waals surface area (Å²) in [6.45, 7) is 1.80. The van der Waals surface area contributed by atoms with Crippen molar-refractivity contribution < 1.29 is 14.3 Å². The van der Waals surface area contributed by atoms with Crippen molar-refractivity contribution in [2.45, 2.75) is 6.92 Å². The number of carbonyl (C=O) groups is 1. The highest BCUT2D eigenvalue weighted by molar-refractivity contribution is 6.00. The van der Waals surface area contributed by atoms with Gasteiger partial charge in [0.25, 0.3) is 5.91 Å². The van der Waals surface area contributed by atoms with Crippen LogP contribution in [0.3, 0.4) is 0 Å². The number of aromatic amines is 1. The highest BCUT2D eigenvalue weighted by Gasteiger charge is 2.08. The summed E-state index contributed by atoms with van der Waals surface area (Å²) in [5, 5.41) is 4.08. The van der Waals surface area contributed by atoms with E-state index >= 15 is 0 Å². The topological polar surface area (TPSA) is 75.7 Å². The van der Waals surface area contributed by atoms with Crippen molar-refractivity contribution in [3.05, 3.63) is 47.8 Å². The van der Waals surface area contributed by atoms with Crippen LogP contribution in [0.2, 0.25) is 0 Å². The minimum atomic E-state index is -0.292. The summed E-state index contributed by atoms with van der Waals surface area (Å²) < 4.78 is 10.4. The lowest BCUT2D eigenvalue weighted by Gasteiger charge is -2.09. The molecule has 0 fully saturated rings. The summed E-state index contributed by atoms with van der Waals surface area (Å²) >= 11 is 0. The van der Waals surface area contributed by atoms with Crippen molar-refractivity contribution in [2.75, 3.05) is 14.2 Å². The Labute approximate surface area is 122 Å². The molecule has 0 aliphatic carbocycles. The highest BCUT2D eigenvalue weighted by atomic mass is 16.5. The molecule has 0 unspecified atom stereocenters. The quantitative estimate of drug-likeness (QED) is 0.653. The minimum Gasteiger partial charge on any atom is -0.493 e. The number of hydrazone groups is 1. The van der Waals surface area contributed by atoms with Crippen LogP contribution in [0.5, 0.6) is 11.5 Å². The Morgan fingerprint density at radius 1 is 1.19 bits per heavy atom. The molecule has 0 saturated heterocycles. The molecule has 6 heteroatoms. The van der Waals surface area contributed by atoms with E-state index in [1.54, 1.807) is 51.6 Å². The van der Waals surface area contributed by atoms with Crippen molar-refractivity contribution >= 4 is 11.6 Å². The van der Waals surface area contributed by atoms with Crippen molar-refractivity contribution in [3.63, 3.8) is 0 Å². The van der Waals surface area contributed by atoms with Crippen LogP contribution in [0.4, 0.5) is 0 Å². The Morgan fingerprint density at radius 2 is 1.95 bits per heavy atom. The van der Waals surface area contributed by atoms with E-state index in [0.717, 1.165) is 5.56 Å². The molecule has 1 aromatic carbocycles. The average molecular weight is 287 g/mol. The van der Waals surface area contributed by atoms with E-state index in [1.165, 1.54) is 0 Å². The van der Waals surface area contributed by atoms with E-state index in [-0.39, 0.29) is 5.91 Å². The molecule has 2 rings (SSSR count). The Kier molecular flexibility index (Phi) is 4.61. The maximum atomic E-state index is 11.8. The van der Waals surface area contributed by atoms with Crippen LogP contribution < -0.4 is 14.9 Å². The monoisotopic (exact) mass is 287 g/mol. The molecule has 21 heavy (non-hydrogen) atoms. The van der Waals surface area contributed by atoms with Gasteiger partial charge in [0, 0.05) is 11.8 Å². The lowest BCUT2D eigenvalue weighted by Crippen LogP contribution is -2.19. The maximum Gasteiger partial charge on any atom is 0.287 e. The lowest BCUT2D eigenvalue weighted by atomic mass is 10.1. The number of aromatic nitrogens is 1. The molecule has 0 bridgehead atoms. The summed E-state index contributed by atoms with van der Waals surface area (Å²) in [4.78, 5) is 14.6. The molecule has 0 aliphatic heterocycles. The second kappa shape index (κ2) is 6.60. The lowest BCUT2D eigenvalue weighted by molar-refractivity contribution is 0.0950. The first-order valence-electron chi connectivity index (χ1n) is 6.36. The second-order valence-corrected chi connectivity index (χ2v) is 4.29. The van der Waals surface area contributed by atoms with Crippen LogP contribution in [0.25, 0.3) is 0 Å². The Bertz CT molecular complexity index is 648. The van der Waals surface area contributed by atoms with E-state index in [1.807, 2.05) is 6.07 Å². The molecule has 6 nitrogen and oxygen atoms in total. The van der Waals surface area contributed by atoms with Gasteiger partial charge in [0.15, 0.2) is 11.5 Å². The molecular weight excluding hydrogens is 270 g/mol. The number of hydrogen-bond acceptors (Lipinski definition) is 4. The number of amides is 1. The normalized spacial score (nSPS) is 11.1. The second-order valence-electron chi connectivity index (χ2n) is 4.29. The number of rotatable bonds is 5. The van der Waals surface area contributed by atoms with Gasteiger partial charge in [-0.2, -0.15) is 5.10 Å². The Morgan fingerprint density at radius 3 is 2.57 bits per heavy atom. The molecule has 1 amide bonds. The van der Waals surface area contributed by atoms with Crippen LogP contribution >= 0.6 is 0 Å². The largest absolute Gasteiger partial charge is 0.493 e. The van der Waals surface area contributed by atoms with Crippen molar-refractivity contribution in [1.29, 1.82) is 0 Å². The average Bonchev–Trinajstić information content (AvgIpc) is 3.06. The summed E-state index contributed by atoms with van der Waals surface area (Å²) in [6, 6.07) is 8.87. The summed E-state index contributed by atoms with van der Waals surface area (Å²) in [5.41, 5.74) is 4.45. The molecule has 0 saturated carbocycles. The molecule has 1 aromatic heterocycles. The predicted octanol–water partition coefficient (Wildman–Crippen LogP) is 2.19. The van der Waals surface area contributed by atoms with E-state index in [0.29, 0.717) is 22.9 Å². The fourth-order valence-corrected chi connectivity index (χ4v) is 1.79. The summed E-state index contributed by atoms with van der Waals surface area (Å²) in [7, 11) is 3.15. The van der Waals surface area contributed by atoms with Crippen LogP contribution in [-0.2, 0) is 0 Å². The summed E-state index contributed by atoms with van der Waals surface area (Å²) in [5.74, 6) is 0.963. The van der Waals surface area contributed by atoms with Gasteiger partial charge in [-0.05, 0) is 37.3 Å². The van der Waals surface area contributed by atoms with E-state index in [9.17, 15) is 4.79 Å². The zero-order chi connectivity index (χ0) is 15.2. The zero-order valence-electron chi connectivity index (χ0n) is 12.1. The van der Waals surface area contributed by atoms with Gasteiger partial charge in [-0.15, -0.1) is 0 Å². The molecule has 1 heterocycles. The SMILES string of the molecule is COc1ccc(/C(C)=N\NC(=O)c2ccc[nH]2)cc1OC. The van der Waals surface area contributed by atoms with E-state index in [2.05, 4.69) is 15.5 Å². The molecule has 2 N–H and O–H groups in total. The molecular formula is C15H17N3O3. The van der Waals surface area contributed by atoms with Crippen molar-refractivity contribution in [2.24, 2.45) is 5.10 Å². The number of H-pyrrole nitrogens is 1. The van der Waals surface area contributed by atoms with Gasteiger partial charge in [-0.25, -0.2) is 5.43 Å². The third kappa shape index (κ3) is 3.42. The van der Waals surface area contributed by atoms with Crippen LogP contribution in [0.15, 0.2) is 41.6 Å². The van der Waals surface area contributed by atoms with Gasteiger partial charge in [0.2, 0.25) is 0 Å². The van der Waals surface area contributed by atoms with Crippen molar-refractivity contribution in [1.82, 2.24) is 10.4 Å². The standard InChI is InChI=1S/C15H17N3O3/c1-10(17-18-15(19)12-5-4-8-16-12)11-6-7-13(20-2)14(9-11)21-3/h4-9,16H,1-3H3,(H,18,19)/b17-10-. The number of methoxy groups -OCH3 is 2. The number of benzene rings is 1. The smallest absolute Gasteiger partial charge is 0.287 e. The molecule has 0 aliphatic rings. The van der Waals surface area contributed by atoms with Gasteiger partial charge in [-0.1, -0.05) is 0 Å². The minimum absolute atomic E-state index is 0.292. The number of carbonyl (C=O) groups excluding carboxylic acids is 1. The van der Waals surface area contributed by atoms with E-state index in [4.69, 9.17) is 9.47 Å². The fraction of sp³-hybridized carbons (Fsp3) is 0.200. The third-order valence-corrected chi connectivity index (χ3v) is 2.97. The van der Waals surface area contributed by atoms with Gasteiger partial charge < -0.3 is 14.5 Å². The van der Waals surface area contributed by atoms with Crippen LogP contribution in [-0.4, -0.2) is 30.8 Å². The maximum absolute atomic E-state index is 11.8. The first-order valence-corrected chi connectivity index (χ1v) is 6.36. The zero-order valence-corrected chi connectivity index (χ0v) is 12.1. The Hall–Kier alpha value is -2.76. The van der Waals surface area contributed by atoms with Crippen LogP contribution in [0.1, 0.15) is 23.0 Å². The molecule has 0 atom stereocenters. The summed E-state index contributed by atoms with van der Waals surface area (Å²) in [6.07, 6.45) is 1.68.